The number of aryl methyl sites for hydroxylation is 2. The lowest BCUT2D eigenvalue weighted by molar-refractivity contribution is -0.136. The van der Waals surface area contributed by atoms with Gasteiger partial charge in [0.05, 0.1) is 5.39 Å². The van der Waals surface area contributed by atoms with Crippen LogP contribution in [-0.2, 0) is 22.6 Å². The summed E-state index contributed by atoms with van der Waals surface area (Å²) in [4.78, 5) is 38.8. The van der Waals surface area contributed by atoms with Gasteiger partial charge in [-0.25, -0.2) is 14.4 Å². The molecule has 39 heavy (non-hydrogen) atoms. The molecule has 0 saturated carbocycles. The fraction of sp³-hybridized carbons (Fsp3) is 0.281. The van der Waals surface area contributed by atoms with Gasteiger partial charge in [0, 0.05) is 12.0 Å². The number of hydrogen-bond acceptors (Lipinski definition) is 6. The SMILES string of the molecule is CCCC[C@H](NC(=O)OCc1ccccc1)C(=O)Oc1cc(C)cc2oc(=O)c(Cc3ccccc3)c(C)c12. The lowest BCUT2D eigenvalue weighted by Crippen LogP contribution is -2.43. The summed E-state index contributed by atoms with van der Waals surface area (Å²) in [5, 5.41) is 3.22. The largest absolute Gasteiger partial charge is 0.445 e. The second-order valence-corrected chi connectivity index (χ2v) is 9.61. The van der Waals surface area contributed by atoms with Crippen molar-refractivity contribution in [1.82, 2.24) is 5.32 Å². The van der Waals surface area contributed by atoms with E-state index in [-0.39, 0.29) is 12.4 Å². The van der Waals surface area contributed by atoms with Crippen LogP contribution in [0.5, 0.6) is 5.75 Å². The lowest BCUT2D eigenvalue weighted by Gasteiger charge is -2.19. The fourth-order valence-corrected chi connectivity index (χ4v) is 4.47. The van der Waals surface area contributed by atoms with Crippen LogP contribution in [0.25, 0.3) is 11.0 Å². The first-order valence-corrected chi connectivity index (χ1v) is 13.2. The molecule has 0 radical (unpaired) electrons. The van der Waals surface area contributed by atoms with E-state index in [1.54, 1.807) is 12.1 Å². The first kappa shape index (κ1) is 27.6. The molecule has 3 aromatic carbocycles. The van der Waals surface area contributed by atoms with Crippen molar-refractivity contribution >= 4 is 23.0 Å². The van der Waals surface area contributed by atoms with Crippen LogP contribution < -0.4 is 15.7 Å². The Balaban J connectivity index is 1.59. The van der Waals surface area contributed by atoms with Gasteiger partial charge in [0.25, 0.3) is 0 Å². The van der Waals surface area contributed by atoms with Gasteiger partial charge < -0.3 is 19.2 Å². The van der Waals surface area contributed by atoms with Crippen molar-refractivity contribution < 1.29 is 23.5 Å². The van der Waals surface area contributed by atoms with E-state index in [2.05, 4.69) is 5.32 Å². The zero-order valence-electron chi connectivity index (χ0n) is 22.5. The summed E-state index contributed by atoms with van der Waals surface area (Å²) in [6.45, 7) is 5.76. The van der Waals surface area contributed by atoms with Crippen molar-refractivity contribution in [1.29, 1.82) is 0 Å². The second-order valence-electron chi connectivity index (χ2n) is 9.61. The maximum Gasteiger partial charge on any atom is 0.408 e. The Morgan fingerprint density at radius 2 is 1.62 bits per heavy atom. The van der Waals surface area contributed by atoms with Gasteiger partial charge in [-0.15, -0.1) is 0 Å². The Morgan fingerprint density at radius 3 is 2.28 bits per heavy atom. The van der Waals surface area contributed by atoms with E-state index >= 15 is 0 Å². The third-order valence-corrected chi connectivity index (χ3v) is 6.56. The number of rotatable bonds is 10. The van der Waals surface area contributed by atoms with Crippen LogP contribution in [-0.4, -0.2) is 18.1 Å². The van der Waals surface area contributed by atoms with Crippen molar-refractivity contribution in [3.8, 4) is 5.75 Å². The fourth-order valence-electron chi connectivity index (χ4n) is 4.47. The number of fused-ring (bicyclic) bond motifs is 1. The molecule has 0 aliphatic heterocycles. The quantitative estimate of drug-likeness (QED) is 0.146. The summed E-state index contributed by atoms with van der Waals surface area (Å²) in [6, 6.07) is 21.5. The Bertz CT molecular complexity index is 1490. The normalized spacial score (nSPS) is 11.7. The van der Waals surface area contributed by atoms with Crippen LogP contribution >= 0.6 is 0 Å². The van der Waals surface area contributed by atoms with Gasteiger partial charge in [-0.1, -0.05) is 80.4 Å². The van der Waals surface area contributed by atoms with Gasteiger partial charge in [0.2, 0.25) is 0 Å². The lowest BCUT2D eigenvalue weighted by atomic mass is 9.98. The van der Waals surface area contributed by atoms with E-state index in [4.69, 9.17) is 13.9 Å². The summed E-state index contributed by atoms with van der Waals surface area (Å²) in [5.74, 6) is -0.325. The zero-order chi connectivity index (χ0) is 27.8. The highest BCUT2D eigenvalue weighted by atomic mass is 16.6. The molecule has 0 aliphatic carbocycles. The maximum absolute atomic E-state index is 13.4. The predicted octanol–water partition coefficient (Wildman–Crippen LogP) is 6.39. The van der Waals surface area contributed by atoms with Gasteiger partial charge in [-0.3, -0.25) is 0 Å². The van der Waals surface area contributed by atoms with Gasteiger partial charge in [0.1, 0.15) is 24.0 Å². The molecule has 0 saturated heterocycles. The highest BCUT2D eigenvalue weighted by Gasteiger charge is 2.25. The van der Waals surface area contributed by atoms with Crippen molar-refractivity contribution in [3.63, 3.8) is 0 Å². The van der Waals surface area contributed by atoms with Crippen LogP contribution in [0.1, 0.15) is 54.0 Å². The molecule has 7 heteroatoms. The monoisotopic (exact) mass is 527 g/mol. The van der Waals surface area contributed by atoms with Crippen LogP contribution in [0.4, 0.5) is 4.79 Å². The second kappa shape index (κ2) is 12.9. The Hall–Kier alpha value is -4.39. The standard InChI is InChI=1S/C32H33NO6/c1-4-5-16-26(33-32(36)37-20-24-14-10-7-11-15-24)31(35)39-28-18-21(2)17-27-29(28)22(3)25(30(34)38-27)19-23-12-8-6-9-13-23/h6-15,17-18,26H,4-5,16,19-20H2,1-3H3,(H,33,36)/t26-/m0/s1. The number of hydrogen-bond donors (Lipinski definition) is 1. The minimum atomic E-state index is -0.899. The molecule has 1 heterocycles. The highest BCUT2D eigenvalue weighted by molar-refractivity contribution is 5.92. The van der Waals surface area contributed by atoms with E-state index in [1.807, 2.05) is 81.4 Å². The molecule has 0 aliphatic rings. The summed E-state index contributed by atoms with van der Waals surface area (Å²) in [6.07, 6.45) is 1.64. The molecule has 4 aromatic rings. The zero-order valence-corrected chi connectivity index (χ0v) is 22.5. The van der Waals surface area contributed by atoms with Crippen LogP contribution in [0.15, 0.2) is 82.0 Å². The van der Waals surface area contributed by atoms with Crippen LogP contribution in [0, 0.1) is 13.8 Å². The molecule has 1 aromatic heterocycles. The number of esters is 1. The summed E-state index contributed by atoms with van der Waals surface area (Å²) < 4.78 is 16.9. The van der Waals surface area contributed by atoms with Gasteiger partial charge >= 0.3 is 17.7 Å². The molecule has 1 atom stereocenters. The number of alkyl carbamates (subject to hydrolysis) is 1. The molecular weight excluding hydrogens is 494 g/mol. The smallest absolute Gasteiger partial charge is 0.408 e. The number of amides is 1. The number of ether oxygens (including phenoxy) is 2. The minimum absolute atomic E-state index is 0.0904. The Morgan fingerprint density at radius 1 is 0.949 bits per heavy atom. The molecule has 1 amide bonds. The van der Waals surface area contributed by atoms with Crippen molar-refractivity contribution in [3.05, 3.63) is 111 Å². The number of carbonyl (C=O) groups excluding carboxylic acids is 2. The Labute approximate surface area is 227 Å². The average Bonchev–Trinajstić information content (AvgIpc) is 2.92. The average molecular weight is 528 g/mol. The third-order valence-electron chi connectivity index (χ3n) is 6.56. The minimum Gasteiger partial charge on any atom is -0.445 e. The van der Waals surface area contributed by atoms with E-state index in [1.165, 1.54) is 0 Å². The van der Waals surface area contributed by atoms with Gasteiger partial charge in [0.15, 0.2) is 0 Å². The first-order valence-electron chi connectivity index (χ1n) is 13.2. The molecule has 0 bridgehead atoms. The molecule has 202 valence electrons. The number of nitrogens with one attached hydrogen (secondary N) is 1. The summed E-state index contributed by atoms with van der Waals surface area (Å²) in [5.41, 5.74) is 3.69. The molecule has 0 unspecified atom stereocenters. The van der Waals surface area contributed by atoms with Crippen molar-refractivity contribution in [2.75, 3.05) is 0 Å². The Kier molecular flexibility index (Phi) is 9.15. The molecular formula is C32H33NO6. The maximum atomic E-state index is 13.4. The topological polar surface area (TPSA) is 94.8 Å². The van der Waals surface area contributed by atoms with Crippen molar-refractivity contribution in [2.45, 2.75) is 59.1 Å². The molecule has 0 fully saturated rings. The number of carbonyl (C=O) groups is 2. The predicted molar refractivity (Wildman–Crippen MR) is 150 cm³/mol. The first-order chi connectivity index (χ1) is 18.9. The van der Waals surface area contributed by atoms with Gasteiger partial charge in [-0.2, -0.15) is 0 Å². The van der Waals surface area contributed by atoms with Crippen LogP contribution in [0.2, 0.25) is 0 Å². The van der Waals surface area contributed by atoms with E-state index in [0.29, 0.717) is 41.4 Å². The summed E-state index contributed by atoms with van der Waals surface area (Å²) in [7, 11) is 0. The molecule has 4 rings (SSSR count). The van der Waals surface area contributed by atoms with Gasteiger partial charge in [-0.05, 0) is 54.7 Å². The summed E-state index contributed by atoms with van der Waals surface area (Å²) >= 11 is 0. The van der Waals surface area contributed by atoms with E-state index in [9.17, 15) is 14.4 Å². The molecule has 0 spiro atoms. The third kappa shape index (κ3) is 7.13. The van der Waals surface area contributed by atoms with E-state index < -0.39 is 23.7 Å². The number of benzene rings is 3. The molecule has 1 N–H and O–H groups in total. The highest BCUT2D eigenvalue weighted by Crippen LogP contribution is 2.32. The van der Waals surface area contributed by atoms with E-state index in [0.717, 1.165) is 23.1 Å². The van der Waals surface area contributed by atoms with Crippen molar-refractivity contribution in [2.24, 2.45) is 0 Å². The molecule has 7 nitrogen and oxygen atoms in total. The number of unbranched alkanes of at least 4 members (excludes halogenated alkanes) is 1. The van der Waals surface area contributed by atoms with Crippen LogP contribution in [0.3, 0.4) is 0 Å².